The molecule has 5 nitrogen and oxygen atoms in total. The minimum absolute atomic E-state index is 0.0393. The molecule has 1 amide bonds. The number of nitrogens with zero attached hydrogens (tertiary/aromatic N) is 1. The van der Waals surface area contributed by atoms with E-state index in [1.54, 1.807) is 42.5 Å². The number of carbonyl (C=O) groups is 1. The van der Waals surface area contributed by atoms with E-state index in [1.165, 1.54) is 13.2 Å². The van der Waals surface area contributed by atoms with Crippen molar-refractivity contribution in [3.63, 3.8) is 0 Å². The molecular weight excluding hydrogens is 479 g/mol. The molecule has 0 atom stereocenters. The number of methoxy groups -OCH3 is 1. The summed E-state index contributed by atoms with van der Waals surface area (Å²) in [7, 11) is 1.53. The van der Waals surface area contributed by atoms with Crippen molar-refractivity contribution in [1.29, 1.82) is 5.26 Å². The maximum absolute atomic E-state index is 12.4. The fraction of sp³-hybridized carbons (Fsp3) is 0.100. The zero-order valence-corrected chi connectivity index (χ0v) is 17.4. The SMILES string of the molecule is C=CCOc1c(I)cc(/C=C(/C#N)C(=O)Nc2ccc(Cl)cc2)cc1OC. The zero-order valence-electron chi connectivity index (χ0n) is 14.5. The molecule has 0 radical (unpaired) electrons. The molecule has 0 aromatic heterocycles. The van der Waals surface area contributed by atoms with Crippen molar-refractivity contribution in [3.8, 4) is 17.6 Å². The summed E-state index contributed by atoms with van der Waals surface area (Å²) >= 11 is 7.94. The van der Waals surface area contributed by atoms with E-state index in [0.717, 1.165) is 3.57 Å². The molecule has 0 saturated heterocycles. The number of hydrogen-bond donors (Lipinski definition) is 1. The van der Waals surface area contributed by atoms with Crippen LogP contribution in [0.5, 0.6) is 11.5 Å². The average Bonchev–Trinajstić information content (AvgIpc) is 2.66. The molecule has 0 unspecified atom stereocenters. The molecule has 7 heteroatoms. The van der Waals surface area contributed by atoms with Gasteiger partial charge in [0.05, 0.1) is 10.7 Å². The van der Waals surface area contributed by atoms with Crippen LogP contribution in [0.1, 0.15) is 5.56 Å². The Morgan fingerprint density at radius 1 is 1.37 bits per heavy atom. The molecule has 0 bridgehead atoms. The maximum Gasteiger partial charge on any atom is 0.266 e. The third kappa shape index (κ3) is 5.74. The minimum Gasteiger partial charge on any atom is -0.493 e. The molecule has 2 rings (SSSR count). The molecular formula is C20H16ClIN2O3. The molecule has 138 valence electrons. The second-order valence-corrected chi connectivity index (χ2v) is 6.86. The summed E-state index contributed by atoms with van der Waals surface area (Å²) in [4.78, 5) is 12.4. The number of benzene rings is 2. The Balaban J connectivity index is 2.29. The lowest BCUT2D eigenvalue weighted by Crippen LogP contribution is -2.13. The van der Waals surface area contributed by atoms with Gasteiger partial charge in [-0.15, -0.1) is 0 Å². The first kappa shape index (κ1) is 20.8. The minimum atomic E-state index is -0.513. The molecule has 0 fully saturated rings. The van der Waals surface area contributed by atoms with Gasteiger partial charge in [-0.3, -0.25) is 4.79 Å². The van der Waals surface area contributed by atoms with Crippen LogP contribution >= 0.6 is 34.2 Å². The van der Waals surface area contributed by atoms with Gasteiger partial charge >= 0.3 is 0 Å². The van der Waals surface area contributed by atoms with E-state index in [-0.39, 0.29) is 5.57 Å². The summed E-state index contributed by atoms with van der Waals surface area (Å²) in [6.45, 7) is 3.96. The molecule has 1 N–H and O–H groups in total. The van der Waals surface area contributed by atoms with Gasteiger partial charge < -0.3 is 14.8 Å². The second kappa shape index (κ2) is 10.00. The highest BCUT2D eigenvalue weighted by Crippen LogP contribution is 2.34. The van der Waals surface area contributed by atoms with Crippen LogP contribution in [-0.4, -0.2) is 19.6 Å². The third-order valence-electron chi connectivity index (χ3n) is 3.38. The molecule has 2 aromatic rings. The molecule has 0 aliphatic carbocycles. The van der Waals surface area contributed by atoms with Crippen molar-refractivity contribution >= 4 is 51.9 Å². The molecule has 0 spiro atoms. The van der Waals surface area contributed by atoms with E-state index in [9.17, 15) is 10.1 Å². The van der Waals surface area contributed by atoms with Crippen molar-refractivity contribution in [2.24, 2.45) is 0 Å². The number of amides is 1. The first-order valence-electron chi connectivity index (χ1n) is 7.78. The molecule has 0 saturated carbocycles. The van der Waals surface area contributed by atoms with Gasteiger partial charge in [0, 0.05) is 10.7 Å². The van der Waals surface area contributed by atoms with Gasteiger partial charge in [-0.25, -0.2) is 0 Å². The van der Waals surface area contributed by atoms with Crippen molar-refractivity contribution in [2.75, 3.05) is 19.0 Å². The number of nitriles is 1. The third-order valence-corrected chi connectivity index (χ3v) is 4.43. The lowest BCUT2D eigenvalue weighted by Gasteiger charge is -2.12. The van der Waals surface area contributed by atoms with Crippen molar-refractivity contribution in [3.05, 3.63) is 68.8 Å². The highest BCUT2D eigenvalue weighted by atomic mass is 127. The van der Waals surface area contributed by atoms with Crippen LogP contribution in [0.15, 0.2) is 54.6 Å². The Hall–Kier alpha value is -2.50. The van der Waals surface area contributed by atoms with Crippen LogP contribution in [0.2, 0.25) is 5.02 Å². The molecule has 0 heterocycles. The van der Waals surface area contributed by atoms with Crippen LogP contribution in [0.4, 0.5) is 5.69 Å². The van der Waals surface area contributed by atoms with E-state index in [1.807, 2.05) is 6.07 Å². The van der Waals surface area contributed by atoms with Gasteiger partial charge in [0.25, 0.3) is 5.91 Å². The van der Waals surface area contributed by atoms with E-state index in [2.05, 4.69) is 34.5 Å². The number of anilines is 1. The fourth-order valence-corrected chi connectivity index (χ4v) is 3.06. The lowest BCUT2D eigenvalue weighted by atomic mass is 10.1. The quantitative estimate of drug-likeness (QED) is 0.253. The van der Waals surface area contributed by atoms with Gasteiger partial charge in [0.2, 0.25) is 0 Å². The number of hydrogen-bond acceptors (Lipinski definition) is 4. The first-order valence-corrected chi connectivity index (χ1v) is 9.24. The number of rotatable bonds is 7. The standard InChI is InChI=1S/C20H16ClIN2O3/c1-3-8-27-19-17(22)10-13(11-18(19)26-2)9-14(12-23)20(25)24-16-6-4-15(21)5-7-16/h3-7,9-11H,1,8H2,2H3,(H,24,25)/b14-9-. The Labute approximate surface area is 176 Å². The fourth-order valence-electron chi connectivity index (χ4n) is 2.15. The van der Waals surface area contributed by atoms with Crippen LogP contribution < -0.4 is 14.8 Å². The highest BCUT2D eigenvalue weighted by molar-refractivity contribution is 14.1. The highest BCUT2D eigenvalue weighted by Gasteiger charge is 2.14. The predicted molar refractivity (Wildman–Crippen MR) is 115 cm³/mol. The smallest absolute Gasteiger partial charge is 0.266 e. The summed E-state index contributed by atoms with van der Waals surface area (Å²) in [5.74, 6) is 0.574. The Morgan fingerprint density at radius 2 is 2.07 bits per heavy atom. The average molecular weight is 495 g/mol. The van der Waals surface area contributed by atoms with Crippen LogP contribution in [-0.2, 0) is 4.79 Å². The van der Waals surface area contributed by atoms with Gasteiger partial charge in [-0.2, -0.15) is 5.26 Å². The van der Waals surface area contributed by atoms with E-state index >= 15 is 0 Å². The summed E-state index contributed by atoms with van der Waals surface area (Å²) in [6.07, 6.45) is 3.13. The van der Waals surface area contributed by atoms with Gasteiger partial charge in [0.15, 0.2) is 11.5 Å². The number of ether oxygens (including phenoxy) is 2. The monoisotopic (exact) mass is 494 g/mol. The van der Waals surface area contributed by atoms with E-state index < -0.39 is 5.91 Å². The second-order valence-electron chi connectivity index (χ2n) is 5.26. The topological polar surface area (TPSA) is 71.3 Å². The van der Waals surface area contributed by atoms with Gasteiger partial charge in [-0.05, 0) is 70.6 Å². The Bertz CT molecular complexity index is 918. The predicted octanol–water partition coefficient (Wildman–Crippen LogP) is 5.06. The number of carbonyl (C=O) groups excluding carboxylic acids is 1. The molecule has 0 aliphatic rings. The van der Waals surface area contributed by atoms with E-state index in [4.69, 9.17) is 21.1 Å². The van der Waals surface area contributed by atoms with Crippen molar-refractivity contribution in [2.45, 2.75) is 0 Å². The Kier molecular flexibility index (Phi) is 7.70. The Morgan fingerprint density at radius 3 is 2.67 bits per heavy atom. The largest absolute Gasteiger partial charge is 0.493 e. The number of nitrogens with one attached hydrogen (secondary N) is 1. The lowest BCUT2D eigenvalue weighted by molar-refractivity contribution is -0.112. The summed E-state index contributed by atoms with van der Waals surface area (Å²) < 4.78 is 11.7. The summed E-state index contributed by atoms with van der Waals surface area (Å²) in [6, 6.07) is 12.1. The zero-order chi connectivity index (χ0) is 19.8. The van der Waals surface area contributed by atoms with E-state index in [0.29, 0.717) is 34.4 Å². The van der Waals surface area contributed by atoms with Gasteiger partial charge in [-0.1, -0.05) is 24.3 Å². The van der Waals surface area contributed by atoms with Crippen LogP contribution in [0.3, 0.4) is 0 Å². The summed E-state index contributed by atoms with van der Waals surface area (Å²) in [5, 5.41) is 12.6. The normalized spacial score (nSPS) is 10.7. The van der Waals surface area contributed by atoms with Crippen LogP contribution in [0, 0.1) is 14.9 Å². The molecule has 0 aliphatic heterocycles. The summed E-state index contributed by atoms with van der Waals surface area (Å²) in [5.41, 5.74) is 1.15. The maximum atomic E-state index is 12.4. The molecule has 27 heavy (non-hydrogen) atoms. The first-order chi connectivity index (χ1) is 13.0. The van der Waals surface area contributed by atoms with Gasteiger partial charge in [0.1, 0.15) is 18.2 Å². The molecule has 2 aromatic carbocycles. The van der Waals surface area contributed by atoms with Crippen molar-refractivity contribution in [1.82, 2.24) is 0 Å². The number of halogens is 2. The van der Waals surface area contributed by atoms with Crippen molar-refractivity contribution < 1.29 is 14.3 Å². The van der Waals surface area contributed by atoms with Crippen LogP contribution in [0.25, 0.3) is 6.08 Å².